The molecule has 1 heterocycles. The number of hydroxylamine groups is 2. The van der Waals surface area contributed by atoms with Crippen molar-refractivity contribution in [2.24, 2.45) is 0 Å². The third kappa shape index (κ3) is 5.86. The molecule has 1 aliphatic carbocycles. The molecule has 3 aromatic carbocycles. The van der Waals surface area contributed by atoms with Crippen LogP contribution in [0.5, 0.6) is 0 Å². The van der Waals surface area contributed by atoms with Gasteiger partial charge in [-0.2, -0.15) is 0 Å². The highest BCUT2D eigenvalue weighted by Crippen LogP contribution is 2.44. The molecule has 1 aliphatic heterocycles. The quantitative estimate of drug-likeness (QED) is 0.265. The van der Waals surface area contributed by atoms with Crippen LogP contribution in [0.2, 0.25) is 0 Å². The van der Waals surface area contributed by atoms with E-state index < -0.39 is 47.9 Å². The van der Waals surface area contributed by atoms with Crippen LogP contribution in [-0.4, -0.2) is 64.6 Å². The summed E-state index contributed by atoms with van der Waals surface area (Å²) in [6.07, 6.45) is -1.51. The van der Waals surface area contributed by atoms with Crippen molar-refractivity contribution >= 4 is 29.8 Å². The Hall–Kier alpha value is -4.99. The molecular weight excluding hydrogens is 552 g/mol. The lowest BCUT2D eigenvalue weighted by Gasteiger charge is -2.31. The molecule has 3 amide bonds. The molecule has 3 aromatic rings. The first-order valence-corrected chi connectivity index (χ1v) is 14.0. The van der Waals surface area contributed by atoms with Gasteiger partial charge in [-0.05, 0) is 62.1 Å². The second-order valence-electron chi connectivity index (χ2n) is 11.3. The van der Waals surface area contributed by atoms with Crippen LogP contribution < -0.4 is 0 Å². The summed E-state index contributed by atoms with van der Waals surface area (Å²) in [7, 11) is 0. The Labute approximate surface area is 249 Å². The minimum atomic E-state index is -1.44. The van der Waals surface area contributed by atoms with Crippen LogP contribution in [0.1, 0.15) is 71.9 Å². The maximum absolute atomic E-state index is 13.5. The van der Waals surface area contributed by atoms with Crippen LogP contribution in [0.3, 0.4) is 0 Å². The van der Waals surface area contributed by atoms with E-state index in [0.717, 1.165) is 27.2 Å². The summed E-state index contributed by atoms with van der Waals surface area (Å²) >= 11 is 0. The number of rotatable bonds is 8. The molecular formula is C33H32N2O8. The molecule has 10 heteroatoms. The molecule has 0 aromatic heterocycles. The Morgan fingerprint density at radius 1 is 0.814 bits per heavy atom. The number of esters is 1. The van der Waals surface area contributed by atoms with Crippen LogP contribution >= 0.6 is 0 Å². The fourth-order valence-electron chi connectivity index (χ4n) is 5.39. The first-order valence-electron chi connectivity index (χ1n) is 14.0. The molecule has 0 radical (unpaired) electrons. The summed E-state index contributed by atoms with van der Waals surface area (Å²) in [5.74, 6) is -3.75. The molecule has 1 unspecified atom stereocenters. The predicted molar refractivity (Wildman–Crippen MR) is 155 cm³/mol. The third-order valence-corrected chi connectivity index (χ3v) is 7.28. The number of ether oxygens (including phenoxy) is 2. The number of benzene rings is 3. The average Bonchev–Trinajstić information content (AvgIpc) is 3.42. The zero-order valence-corrected chi connectivity index (χ0v) is 24.4. The van der Waals surface area contributed by atoms with Gasteiger partial charge in [0.1, 0.15) is 18.2 Å². The van der Waals surface area contributed by atoms with Crippen molar-refractivity contribution in [2.45, 2.75) is 51.7 Å². The van der Waals surface area contributed by atoms with Gasteiger partial charge in [0.2, 0.25) is 0 Å². The third-order valence-electron chi connectivity index (χ3n) is 7.28. The van der Waals surface area contributed by atoms with E-state index in [1.54, 1.807) is 39.8 Å². The Bertz CT molecular complexity index is 1530. The number of imide groups is 1. The summed E-state index contributed by atoms with van der Waals surface area (Å²) in [5.41, 5.74) is 3.43. The molecule has 0 saturated carbocycles. The maximum Gasteiger partial charge on any atom is 0.410 e. The monoisotopic (exact) mass is 584 g/mol. The Balaban J connectivity index is 1.33. The highest BCUT2D eigenvalue weighted by Gasteiger charge is 2.41. The van der Waals surface area contributed by atoms with Gasteiger partial charge in [-0.15, -0.1) is 0 Å². The molecule has 0 fully saturated rings. The maximum atomic E-state index is 13.5. The Morgan fingerprint density at radius 3 is 1.79 bits per heavy atom. The summed E-state index contributed by atoms with van der Waals surface area (Å²) in [4.78, 5) is 71.4. The molecule has 222 valence electrons. The molecule has 0 bridgehead atoms. The van der Waals surface area contributed by atoms with Gasteiger partial charge in [0.05, 0.1) is 17.5 Å². The average molecular weight is 585 g/mol. The molecule has 2 aliphatic rings. The van der Waals surface area contributed by atoms with E-state index in [4.69, 9.17) is 14.3 Å². The predicted octanol–water partition coefficient (Wildman–Crippen LogP) is 5.11. The number of hydrogen-bond acceptors (Lipinski definition) is 8. The first kappa shape index (κ1) is 29.5. The minimum Gasteiger partial charge on any atom is -0.458 e. The van der Waals surface area contributed by atoms with Crippen molar-refractivity contribution < 1.29 is 38.3 Å². The normalized spacial score (nSPS) is 14.5. The van der Waals surface area contributed by atoms with Crippen molar-refractivity contribution in [1.29, 1.82) is 0 Å². The molecule has 10 nitrogen and oxygen atoms in total. The fraction of sp³-hybridized carbons (Fsp3) is 0.303. The number of amides is 3. The summed E-state index contributed by atoms with van der Waals surface area (Å²) in [5, 5.41) is 0.364. The van der Waals surface area contributed by atoms with E-state index in [0.29, 0.717) is 5.06 Å². The second-order valence-corrected chi connectivity index (χ2v) is 11.3. The van der Waals surface area contributed by atoms with Gasteiger partial charge in [0.15, 0.2) is 0 Å². The number of likely N-dealkylation sites (N-methyl/N-ethyl adjacent to an activating group) is 1. The number of nitrogens with zero attached hydrogens (tertiary/aromatic N) is 2. The zero-order chi connectivity index (χ0) is 30.9. The first-order chi connectivity index (χ1) is 20.5. The SMILES string of the molecule is CCN(C(=O)OCC1c2ccccc2-c2ccccc21)C(CC(=O)ON1C(=O)c2ccccc2C1=O)C(=O)OC(C)(C)C. The van der Waals surface area contributed by atoms with Crippen molar-refractivity contribution in [1.82, 2.24) is 9.96 Å². The van der Waals surface area contributed by atoms with Crippen LogP contribution in [0.15, 0.2) is 72.8 Å². The van der Waals surface area contributed by atoms with Crippen LogP contribution in [0.4, 0.5) is 4.79 Å². The lowest BCUT2D eigenvalue weighted by Crippen LogP contribution is -2.49. The topological polar surface area (TPSA) is 120 Å². The van der Waals surface area contributed by atoms with Gasteiger partial charge < -0.3 is 14.3 Å². The van der Waals surface area contributed by atoms with E-state index in [2.05, 4.69) is 0 Å². The number of hydrogen-bond donors (Lipinski definition) is 0. The fourth-order valence-corrected chi connectivity index (χ4v) is 5.39. The van der Waals surface area contributed by atoms with Gasteiger partial charge in [-0.3, -0.25) is 14.5 Å². The second kappa shape index (κ2) is 11.7. The highest BCUT2D eigenvalue weighted by molar-refractivity contribution is 6.20. The van der Waals surface area contributed by atoms with E-state index >= 15 is 0 Å². The van der Waals surface area contributed by atoms with Crippen molar-refractivity contribution in [3.63, 3.8) is 0 Å². The molecule has 5 rings (SSSR count). The largest absolute Gasteiger partial charge is 0.458 e. The molecule has 0 N–H and O–H groups in total. The number of carbonyl (C=O) groups excluding carboxylic acids is 5. The van der Waals surface area contributed by atoms with Crippen molar-refractivity contribution in [2.75, 3.05) is 13.2 Å². The van der Waals surface area contributed by atoms with Gasteiger partial charge in [-0.1, -0.05) is 65.7 Å². The standard InChI is InChI=1S/C33H32N2O8/c1-5-34(32(40)41-19-26-22-14-8-6-12-20(22)21-13-7-9-15-23(21)26)27(31(39)42-33(2,3)4)18-28(36)43-35-29(37)24-16-10-11-17-25(24)30(35)38/h6-17,26-27H,5,18-19H2,1-4H3. The summed E-state index contributed by atoms with van der Waals surface area (Å²) < 4.78 is 11.3. The minimum absolute atomic E-state index is 0.000873. The van der Waals surface area contributed by atoms with Gasteiger partial charge >= 0.3 is 18.0 Å². The Morgan fingerprint density at radius 2 is 1.30 bits per heavy atom. The van der Waals surface area contributed by atoms with Crippen molar-refractivity contribution in [3.8, 4) is 11.1 Å². The summed E-state index contributed by atoms with van der Waals surface area (Å²) in [6.45, 7) is 6.60. The lowest BCUT2D eigenvalue weighted by molar-refractivity contribution is -0.175. The van der Waals surface area contributed by atoms with Gasteiger partial charge in [-0.25, -0.2) is 14.4 Å². The lowest BCUT2D eigenvalue weighted by atomic mass is 9.98. The van der Waals surface area contributed by atoms with Crippen LogP contribution in [0, 0.1) is 0 Å². The van der Waals surface area contributed by atoms with Crippen LogP contribution in [-0.2, 0) is 23.9 Å². The van der Waals surface area contributed by atoms with E-state index in [-0.39, 0.29) is 30.2 Å². The van der Waals surface area contributed by atoms with E-state index in [1.807, 2.05) is 48.5 Å². The summed E-state index contributed by atoms with van der Waals surface area (Å²) in [6, 6.07) is 20.4. The molecule has 1 atom stereocenters. The van der Waals surface area contributed by atoms with Gasteiger partial charge in [0.25, 0.3) is 11.8 Å². The molecule has 0 saturated heterocycles. The van der Waals surface area contributed by atoms with E-state index in [9.17, 15) is 24.0 Å². The number of fused-ring (bicyclic) bond motifs is 4. The van der Waals surface area contributed by atoms with E-state index in [1.165, 1.54) is 12.1 Å². The molecule has 43 heavy (non-hydrogen) atoms. The zero-order valence-electron chi connectivity index (χ0n) is 24.4. The van der Waals surface area contributed by atoms with Crippen LogP contribution in [0.25, 0.3) is 11.1 Å². The smallest absolute Gasteiger partial charge is 0.410 e. The van der Waals surface area contributed by atoms with Crippen molar-refractivity contribution in [3.05, 3.63) is 95.1 Å². The Kier molecular flexibility index (Phi) is 8.04. The van der Waals surface area contributed by atoms with Gasteiger partial charge in [0, 0.05) is 12.5 Å². The molecule has 0 spiro atoms. The highest BCUT2D eigenvalue weighted by atomic mass is 16.7. The number of carbonyl (C=O) groups is 5.